The van der Waals surface area contributed by atoms with Crippen LogP contribution in [0, 0.1) is 10.1 Å². The third-order valence-corrected chi connectivity index (χ3v) is 3.04. The van der Waals surface area contributed by atoms with Crippen LogP contribution in [-0.4, -0.2) is 14.7 Å². The molecule has 1 heterocycles. The molecule has 6 heteroatoms. The summed E-state index contributed by atoms with van der Waals surface area (Å²) in [4.78, 5) is 10.3. The SMILES string of the molecule is O=[N+]([O-])c1ccc2nn(-c3ccc(Cl)cc3)cc2c1. The third kappa shape index (κ3) is 2.15. The topological polar surface area (TPSA) is 61.0 Å². The Labute approximate surface area is 113 Å². The normalized spacial score (nSPS) is 10.8. The Hall–Kier alpha value is -2.40. The van der Waals surface area contributed by atoms with Crippen LogP contribution in [0.15, 0.2) is 48.7 Å². The minimum absolute atomic E-state index is 0.0585. The van der Waals surface area contributed by atoms with Gasteiger partial charge in [-0.1, -0.05) is 11.6 Å². The molecule has 5 nitrogen and oxygen atoms in total. The highest BCUT2D eigenvalue weighted by Gasteiger charge is 2.09. The molecule has 3 aromatic rings. The molecule has 0 amide bonds. The van der Waals surface area contributed by atoms with Gasteiger partial charge in [-0.3, -0.25) is 10.1 Å². The zero-order chi connectivity index (χ0) is 13.4. The van der Waals surface area contributed by atoms with Crippen molar-refractivity contribution in [2.24, 2.45) is 0 Å². The van der Waals surface area contributed by atoms with Crippen LogP contribution in [0.1, 0.15) is 0 Å². The second-order valence-electron chi connectivity index (χ2n) is 4.05. The van der Waals surface area contributed by atoms with Crippen molar-refractivity contribution < 1.29 is 4.92 Å². The van der Waals surface area contributed by atoms with Gasteiger partial charge in [0.25, 0.3) is 5.69 Å². The summed E-state index contributed by atoms with van der Waals surface area (Å²) >= 11 is 5.83. The number of fused-ring (bicyclic) bond motifs is 1. The van der Waals surface area contributed by atoms with Crippen LogP contribution in [0.3, 0.4) is 0 Å². The molecule has 0 aliphatic rings. The lowest BCUT2D eigenvalue weighted by Crippen LogP contribution is -1.92. The van der Waals surface area contributed by atoms with Crippen LogP contribution in [-0.2, 0) is 0 Å². The van der Waals surface area contributed by atoms with Gasteiger partial charge in [0.15, 0.2) is 0 Å². The molecule has 1 aromatic heterocycles. The summed E-state index contributed by atoms with van der Waals surface area (Å²) in [5, 5.41) is 16.5. The van der Waals surface area contributed by atoms with Crippen LogP contribution < -0.4 is 0 Å². The predicted molar refractivity (Wildman–Crippen MR) is 72.7 cm³/mol. The lowest BCUT2D eigenvalue weighted by atomic mass is 10.2. The van der Waals surface area contributed by atoms with E-state index < -0.39 is 4.92 Å². The smallest absolute Gasteiger partial charge is 0.258 e. The van der Waals surface area contributed by atoms with E-state index in [1.807, 2.05) is 12.1 Å². The molecule has 0 radical (unpaired) electrons. The quantitative estimate of drug-likeness (QED) is 0.529. The van der Waals surface area contributed by atoms with E-state index in [0.717, 1.165) is 11.1 Å². The van der Waals surface area contributed by atoms with E-state index in [-0.39, 0.29) is 5.69 Å². The molecule has 0 spiro atoms. The number of hydrogen-bond acceptors (Lipinski definition) is 3. The fraction of sp³-hybridized carbons (Fsp3) is 0. The maximum Gasteiger partial charge on any atom is 0.270 e. The fourth-order valence-electron chi connectivity index (χ4n) is 1.85. The Morgan fingerprint density at radius 1 is 1.16 bits per heavy atom. The summed E-state index contributed by atoms with van der Waals surface area (Å²) in [6, 6.07) is 11.8. The van der Waals surface area contributed by atoms with E-state index >= 15 is 0 Å². The summed E-state index contributed by atoms with van der Waals surface area (Å²) < 4.78 is 1.67. The third-order valence-electron chi connectivity index (χ3n) is 2.79. The predicted octanol–water partition coefficient (Wildman–Crippen LogP) is 3.59. The maximum absolute atomic E-state index is 10.7. The van der Waals surface area contributed by atoms with E-state index in [4.69, 9.17) is 11.6 Å². The molecule has 0 atom stereocenters. The van der Waals surface area contributed by atoms with Crippen molar-refractivity contribution in [1.29, 1.82) is 0 Å². The lowest BCUT2D eigenvalue weighted by molar-refractivity contribution is -0.384. The van der Waals surface area contributed by atoms with Gasteiger partial charge < -0.3 is 0 Å². The fourth-order valence-corrected chi connectivity index (χ4v) is 1.98. The van der Waals surface area contributed by atoms with Crippen molar-refractivity contribution in [2.45, 2.75) is 0 Å². The van der Waals surface area contributed by atoms with Crippen molar-refractivity contribution in [3.05, 3.63) is 63.8 Å². The zero-order valence-electron chi connectivity index (χ0n) is 9.65. The summed E-state index contributed by atoms with van der Waals surface area (Å²) in [6.07, 6.45) is 1.76. The number of nitro benzene ring substituents is 1. The first-order valence-corrected chi connectivity index (χ1v) is 5.91. The number of halogens is 1. The first-order chi connectivity index (χ1) is 9.13. The number of benzene rings is 2. The summed E-state index contributed by atoms with van der Waals surface area (Å²) in [7, 11) is 0. The molecule has 0 saturated carbocycles. The second-order valence-corrected chi connectivity index (χ2v) is 4.49. The molecular formula is C13H8ClN3O2. The molecule has 3 rings (SSSR count). The number of aromatic nitrogens is 2. The van der Waals surface area contributed by atoms with E-state index in [1.54, 1.807) is 29.1 Å². The number of hydrogen-bond donors (Lipinski definition) is 0. The van der Waals surface area contributed by atoms with Gasteiger partial charge in [0.1, 0.15) is 0 Å². The minimum atomic E-state index is -0.418. The summed E-state index contributed by atoms with van der Waals surface area (Å²) in [5.74, 6) is 0. The number of non-ortho nitro benzene ring substituents is 1. The van der Waals surface area contributed by atoms with Gasteiger partial charge in [-0.25, -0.2) is 4.68 Å². The Morgan fingerprint density at radius 3 is 2.58 bits per heavy atom. The molecular weight excluding hydrogens is 266 g/mol. The van der Waals surface area contributed by atoms with E-state index in [9.17, 15) is 10.1 Å². The lowest BCUT2D eigenvalue weighted by Gasteiger charge is -1.99. The van der Waals surface area contributed by atoms with Crippen molar-refractivity contribution in [3.8, 4) is 5.69 Å². The monoisotopic (exact) mass is 273 g/mol. The van der Waals surface area contributed by atoms with Crippen LogP contribution in [0.25, 0.3) is 16.6 Å². The molecule has 19 heavy (non-hydrogen) atoms. The molecule has 0 N–H and O–H groups in total. The van der Waals surface area contributed by atoms with Crippen molar-refractivity contribution >= 4 is 28.2 Å². The van der Waals surface area contributed by atoms with Crippen molar-refractivity contribution in [2.75, 3.05) is 0 Å². The van der Waals surface area contributed by atoms with E-state index in [2.05, 4.69) is 5.10 Å². The Bertz CT molecular complexity index is 765. The van der Waals surface area contributed by atoms with Crippen molar-refractivity contribution in [1.82, 2.24) is 9.78 Å². The Morgan fingerprint density at radius 2 is 1.89 bits per heavy atom. The highest BCUT2D eigenvalue weighted by molar-refractivity contribution is 6.30. The van der Waals surface area contributed by atoms with Crippen molar-refractivity contribution in [3.63, 3.8) is 0 Å². The zero-order valence-corrected chi connectivity index (χ0v) is 10.4. The van der Waals surface area contributed by atoms with Gasteiger partial charge in [-0.15, -0.1) is 0 Å². The molecule has 0 fully saturated rings. The van der Waals surface area contributed by atoms with Gasteiger partial charge in [0.05, 0.1) is 16.1 Å². The molecule has 0 aliphatic heterocycles. The van der Waals surface area contributed by atoms with E-state index in [0.29, 0.717) is 10.5 Å². The number of nitrogens with zero attached hydrogens (tertiary/aromatic N) is 3. The molecule has 2 aromatic carbocycles. The minimum Gasteiger partial charge on any atom is -0.258 e. The van der Waals surface area contributed by atoms with Gasteiger partial charge >= 0.3 is 0 Å². The molecule has 0 aliphatic carbocycles. The van der Waals surface area contributed by atoms with Gasteiger partial charge in [-0.05, 0) is 30.3 Å². The van der Waals surface area contributed by atoms with Gasteiger partial charge in [0, 0.05) is 28.7 Å². The van der Waals surface area contributed by atoms with E-state index in [1.165, 1.54) is 12.1 Å². The Kier molecular flexibility index (Phi) is 2.68. The number of rotatable bonds is 2. The first kappa shape index (κ1) is 11.7. The molecule has 0 unspecified atom stereocenters. The average Bonchev–Trinajstić information content (AvgIpc) is 2.82. The van der Waals surface area contributed by atoms with Crippen LogP contribution in [0.4, 0.5) is 5.69 Å². The maximum atomic E-state index is 10.7. The highest BCUT2D eigenvalue weighted by atomic mass is 35.5. The highest BCUT2D eigenvalue weighted by Crippen LogP contribution is 2.21. The second kappa shape index (κ2) is 4.37. The average molecular weight is 274 g/mol. The Balaban J connectivity index is 2.11. The number of nitro groups is 1. The van der Waals surface area contributed by atoms with Crippen LogP contribution in [0.2, 0.25) is 5.02 Å². The molecule has 94 valence electrons. The van der Waals surface area contributed by atoms with Crippen LogP contribution >= 0.6 is 11.6 Å². The molecule has 0 bridgehead atoms. The van der Waals surface area contributed by atoms with Gasteiger partial charge in [0.2, 0.25) is 0 Å². The largest absolute Gasteiger partial charge is 0.270 e. The first-order valence-electron chi connectivity index (χ1n) is 5.53. The molecule has 0 saturated heterocycles. The van der Waals surface area contributed by atoms with Crippen LogP contribution in [0.5, 0.6) is 0 Å². The van der Waals surface area contributed by atoms with Gasteiger partial charge in [-0.2, -0.15) is 5.10 Å². The summed E-state index contributed by atoms with van der Waals surface area (Å²) in [5.41, 5.74) is 1.62. The summed E-state index contributed by atoms with van der Waals surface area (Å²) in [6.45, 7) is 0. The standard InChI is InChI=1S/C13H8ClN3O2/c14-10-1-3-11(4-2-10)16-8-9-7-12(17(18)19)5-6-13(9)15-16/h1-8H.